The smallest absolute Gasteiger partial charge is 0.0894 e. The molecule has 216 valence electrons. The van der Waals surface area contributed by atoms with E-state index in [0.29, 0.717) is 0 Å². The summed E-state index contributed by atoms with van der Waals surface area (Å²) in [4.78, 5) is 7.24. The Labute approximate surface area is 271 Å². The van der Waals surface area contributed by atoms with Crippen LogP contribution in [0.5, 0.6) is 0 Å². The molecular weight excluding hydrogens is 577 g/mol. The topological polar surface area (TPSA) is 16.1 Å². The van der Waals surface area contributed by atoms with Gasteiger partial charge in [-0.2, -0.15) is 0 Å². The lowest BCUT2D eigenvalue weighted by molar-refractivity contribution is 1.29. The van der Waals surface area contributed by atoms with Gasteiger partial charge in [0, 0.05) is 44.1 Å². The van der Waals surface area contributed by atoms with Crippen molar-refractivity contribution >= 4 is 70.2 Å². The zero-order chi connectivity index (χ0) is 30.5. The molecule has 0 fully saturated rings. The van der Waals surface area contributed by atoms with Crippen LogP contribution in [0.25, 0.3) is 64.1 Å². The van der Waals surface area contributed by atoms with Crippen molar-refractivity contribution in [2.24, 2.45) is 0 Å². The van der Waals surface area contributed by atoms with Crippen molar-refractivity contribution in [1.29, 1.82) is 0 Å². The standard InChI is InChI=1S/C43H28N2S/c1-2-8-29(9-3-1)31-16-20-36(21-17-31)45(37-22-18-32(19-23-37)34-15-14-30-10-4-5-11-33(30)26-34)38-24-25-40-41(27-38)46-43-39-13-7-6-12-35(39)28-44-42(40)43/h1-28H. The first-order valence-corrected chi connectivity index (χ1v) is 16.4. The summed E-state index contributed by atoms with van der Waals surface area (Å²) in [6, 6.07) is 58.9. The first-order chi connectivity index (χ1) is 22.8. The Balaban J connectivity index is 1.16. The van der Waals surface area contributed by atoms with Crippen LogP contribution in [0.2, 0.25) is 0 Å². The Kier molecular flexibility index (Phi) is 6.36. The summed E-state index contributed by atoms with van der Waals surface area (Å²) in [7, 11) is 0. The molecule has 3 heteroatoms. The van der Waals surface area contributed by atoms with Crippen LogP contribution >= 0.6 is 11.3 Å². The van der Waals surface area contributed by atoms with Crippen LogP contribution in [0, 0.1) is 0 Å². The molecule has 0 aliphatic carbocycles. The van der Waals surface area contributed by atoms with Crippen LogP contribution in [-0.2, 0) is 0 Å². The largest absolute Gasteiger partial charge is 0.310 e. The van der Waals surface area contributed by atoms with Crippen LogP contribution in [-0.4, -0.2) is 4.98 Å². The zero-order valence-corrected chi connectivity index (χ0v) is 25.8. The molecule has 0 aliphatic heterocycles. The minimum atomic E-state index is 1.07. The molecule has 2 aromatic heterocycles. The van der Waals surface area contributed by atoms with E-state index in [-0.39, 0.29) is 0 Å². The SMILES string of the molecule is c1ccc(-c2ccc(N(c3ccc(-c4ccc5ccccc5c4)cc3)c3ccc4c(c3)sc3c5ccccc5cnc43)cc2)cc1. The van der Waals surface area contributed by atoms with E-state index in [9.17, 15) is 0 Å². The summed E-state index contributed by atoms with van der Waals surface area (Å²) >= 11 is 1.82. The molecule has 9 rings (SSSR count). The molecule has 2 nitrogen and oxygen atoms in total. The van der Waals surface area contributed by atoms with Crippen molar-refractivity contribution in [3.63, 3.8) is 0 Å². The summed E-state index contributed by atoms with van der Waals surface area (Å²) in [5.74, 6) is 0. The van der Waals surface area contributed by atoms with E-state index in [0.717, 1.165) is 22.6 Å². The Morgan fingerprint density at radius 1 is 0.413 bits per heavy atom. The second kappa shape index (κ2) is 11.0. The molecule has 0 aliphatic rings. The second-order valence-electron chi connectivity index (χ2n) is 11.7. The first kappa shape index (κ1) is 26.6. The molecule has 0 bridgehead atoms. The minimum Gasteiger partial charge on any atom is -0.310 e. The van der Waals surface area contributed by atoms with Gasteiger partial charge in [-0.15, -0.1) is 11.3 Å². The maximum atomic E-state index is 4.88. The molecule has 9 aromatic rings. The average molecular weight is 605 g/mol. The quantitative estimate of drug-likeness (QED) is 0.194. The number of rotatable bonds is 5. The Bertz CT molecular complexity index is 2510. The van der Waals surface area contributed by atoms with Gasteiger partial charge in [0.2, 0.25) is 0 Å². The number of benzene rings is 7. The molecular formula is C43H28N2S. The van der Waals surface area contributed by atoms with Gasteiger partial charge in [0.15, 0.2) is 0 Å². The van der Waals surface area contributed by atoms with E-state index >= 15 is 0 Å². The number of nitrogens with zero attached hydrogens (tertiary/aromatic N) is 2. The van der Waals surface area contributed by atoms with Crippen LogP contribution < -0.4 is 4.90 Å². The van der Waals surface area contributed by atoms with Gasteiger partial charge in [0.1, 0.15) is 0 Å². The lowest BCUT2D eigenvalue weighted by Crippen LogP contribution is -2.09. The van der Waals surface area contributed by atoms with E-state index in [4.69, 9.17) is 4.98 Å². The van der Waals surface area contributed by atoms with Gasteiger partial charge >= 0.3 is 0 Å². The number of hydrogen-bond donors (Lipinski definition) is 0. The van der Waals surface area contributed by atoms with Crippen LogP contribution in [0.3, 0.4) is 0 Å². The molecule has 0 unspecified atom stereocenters. The van der Waals surface area contributed by atoms with Crippen molar-refractivity contribution < 1.29 is 0 Å². The van der Waals surface area contributed by atoms with Crippen molar-refractivity contribution in [3.8, 4) is 22.3 Å². The van der Waals surface area contributed by atoms with Crippen molar-refractivity contribution in [2.45, 2.75) is 0 Å². The van der Waals surface area contributed by atoms with Gasteiger partial charge in [-0.25, -0.2) is 0 Å². The number of thiophene rings is 1. The predicted molar refractivity (Wildman–Crippen MR) is 198 cm³/mol. The van der Waals surface area contributed by atoms with E-state index in [1.54, 1.807) is 0 Å². The van der Waals surface area contributed by atoms with Crippen LogP contribution in [0.4, 0.5) is 17.1 Å². The molecule has 0 amide bonds. The number of anilines is 3. The Morgan fingerprint density at radius 3 is 1.76 bits per heavy atom. The van der Waals surface area contributed by atoms with Crippen molar-refractivity contribution in [3.05, 3.63) is 170 Å². The first-order valence-electron chi connectivity index (χ1n) is 15.5. The minimum absolute atomic E-state index is 1.07. The summed E-state index contributed by atoms with van der Waals surface area (Å²) in [5.41, 5.74) is 9.25. The van der Waals surface area contributed by atoms with Crippen molar-refractivity contribution in [1.82, 2.24) is 4.98 Å². The van der Waals surface area contributed by atoms with Crippen LogP contribution in [0.1, 0.15) is 0 Å². The zero-order valence-electron chi connectivity index (χ0n) is 25.0. The van der Waals surface area contributed by atoms with E-state index in [1.165, 1.54) is 58.6 Å². The van der Waals surface area contributed by atoms with Gasteiger partial charge in [-0.1, -0.05) is 115 Å². The third kappa shape index (κ3) is 4.61. The summed E-state index contributed by atoms with van der Waals surface area (Å²) in [6.07, 6.45) is 2.00. The Hall–Kier alpha value is -5.77. The van der Waals surface area contributed by atoms with Gasteiger partial charge in [-0.3, -0.25) is 4.98 Å². The number of hydrogen-bond acceptors (Lipinski definition) is 3. The highest BCUT2D eigenvalue weighted by Crippen LogP contribution is 2.42. The molecule has 2 heterocycles. The molecule has 0 N–H and O–H groups in total. The maximum absolute atomic E-state index is 4.88. The monoisotopic (exact) mass is 604 g/mol. The van der Waals surface area contributed by atoms with Crippen molar-refractivity contribution in [2.75, 3.05) is 4.90 Å². The lowest BCUT2D eigenvalue weighted by Gasteiger charge is -2.26. The highest BCUT2D eigenvalue weighted by atomic mass is 32.1. The van der Waals surface area contributed by atoms with E-state index < -0.39 is 0 Å². The molecule has 7 aromatic carbocycles. The van der Waals surface area contributed by atoms with Gasteiger partial charge in [0.25, 0.3) is 0 Å². The van der Waals surface area contributed by atoms with Crippen LogP contribution in [0.15, 0.2) is 170 Å². The third-order valence-corrected chi connectivity index (χ3v) is 10.1. The fourth-order valence-electron chi connectivity index (χ4n) is 6.52. The summed E-state index contributed by atoms with van der Waals surface area (Å²) in [5, 5.41) is 6.14. The van der Waals surface area contributed by atoms with Gasteiger partial charge in [0.05, 0.1) is 10.2 Å². The molecule has 0 atom stereocenters. The summed E-state index contributed by atoms with van der Waals surface area (Å²) < 4.78 is 2.47. The van der Waals surface area contributed by atoms with Gasteiger partial charge in [-0.05, 0) is 81.6 Å². The maximum Gasteiger partial charge on any atom is 0.0894 e. The molecule has 0 saturated heterocycles. The molecule has 0 saturated carbocycles. The summed E-state index contributed by atoms with van der Waals surface area (Å²) in [6.45, 7) is 0. The van der Waals surface area contributed by atoms with E-state index in [1.807, 2.05) is 17.5 Å². The molecule has 0 radical (unpaired) electrons. The number of aromatic nitrogens is 1. The predicted octanol–water partition coefficient (Wildman–Crippen LogP) is 12.6. The fourth-order valence-corrected chi connectivity index (χ4v) is 7.75. The molecule has 0 spiro atoms. The Morgan fingerprint density at radius 2 is 1.00 bits per heavy atom. The second-order valence-corrected chi connectivity index (χ2v) is 12.7. The third-order valence-electron chi connectivity index (χ3n) is 8.88. The highest BCUT2D eigenvalue weighted by molar-refractivity contribution is 7.26. The molecule has 46 heavy (non-hydrogen) atoms. The van der Waals surface area contributed by atoms with Gasteiger partial charge < -0.3 is 4.90 Å². The number of pyridine rings is 1. The van der Waals surface area contributed by atoms with E-state index in [2.05, 4.69) is 169 Å². The lowest BCUT2D eigenvalue weighted by atomic mass is 10.0. The average Bonchev–Trinajstić information content (AvgIpc) is 3.51. The fraction of sp³-hybridized carbons (Fsp3) is 0. The highest BCUT2D eigenvalue weighted by Gasteiger charge is 2.16. The normalized spacial score (nSPS) is 11.5. The number of fused-ring (bicyclic) bond motifs is 6.